The van der Waals surface area contributed by atoms with E-state index in [1.165, 1.54) is 6.07 Å². The van der Waals surface area contributed by atoms with Gasteiger partial charge in [-0.1, -0.05) is 23.2 Å². The Morgan fingerprint density at radius 2 is 2.00 bits per heavy atom. The summed E-state index contributed by atoms with van der Waals surface area (Å²) in [5.74, 6) is 0. The van der Waals surface area contributed by atoms with E-state index in [0.717, 1.165) is 6.07 Å². The average Bonchev–Trinajstić information content (AvgIpc) is 2.10. The summed E-state index contributed by atoms with van der Waals surface area (Å²) < 4.78 is 0. The molecule has 0 saturated heterocycles. The maximum absolute atomic E-state index is 10.4. The molecule has 4 nitrogen and oxygen atoms in total. The highest BCUT2D eigenvalue weighted by molar-refractivity contribution is 6.35. The Morgan fingerprint density at radius 1 is 1.36 bits per heavy atom. The first-order valence-electron chi connectivity index (χ1n) is 3.62. The van der Waals surface area contributed by atoms with Crippen molar-refractivity contribution in [2.75, 3.05) is 0 Å². The van der Waals surface area contributed by atoms with Crippen molar-refractivity contribution < 1.29 is 9.72 Å². The Hall–Kier alpha value is -1.13. The molecule has 0 fully saturated rings. The molecule has 0 atom stereocenters. The molecule has 0 unspecified atom stereocenters. The van der Waals surface area contributed by atoms with Crippen molar-refractivity contribution in [1.29, 1.82) is 0 Å². The summed E-state index contributed by atoms with van der Waals surface area (Å²) in [7, 11) is 0. The van der Waals surface area contributed by atoms with Gasteiger partial charge in [-0.3, -0.25) is 10.1 Å². The monoisotopic (exact) mass is 233 g/mol. The summed E-state index contributed by atoms with van der Waals surface area (Å²) >= 11 is 11.3. The zero-order valence-electron chi connectivity index (χ0n) is 6.87. The lowest BCUT2D eigenvalue weighted by atomic mass is 10.1. The molecule has 6 heteroatoms. The topological polar surface area (TPSA) is 60.2 Å². The fourth-order valence-corrected chi connectivity index (χ4v) is 1.45. The number of aldehydes is 1. The highest BCUT2D eigenvalue weighted by Crippen LogP contribution is 2.30. The van der Waals surface area contributed by atoms with Gasteiger partial charge >= 0.3 is 0 Å². The van der Waals surface area contributed by atoms with Gasteiger partial charge in [0.2, 0.25) is 0 Å². The Bertz CT molecular complexity index is 392. The van der Waals surface area contributed by atoms with Crippen molar-refractivity contribution >= 4 is 35.2 Å². The molecule has 0 spiro atoms. The molecule has 14 heavy (non-hydrogen) atoms. The van der Waals surface area contributed by atoms with E-state index in [1.807, 2.05) is 0 Å². The smallest absolute Gasteiger partial charge is 0.289 e. The fourth-order valence-electron chi connectivity index (χ4n) is 0.964. The molecule has 0 saturated carbocycles. The van der Waals surface area contributed by atoms with E-state index >= 15 is 0 Å². The summed E-state index contributed by atoms with van der Waals surface area (Å²) in [6.07, 6.45) is 0.750. The van der Waals surface area contributed by atoms with Crippen LogP contribution in [-0.2, 0) is 11.2 Å². The first kappa shape index (κ1) is 10.9. The molecule has 0 aliphatic carbocycles. The van der Waals surface area contributed by atoms with Gasteiger partial charge in [-0.05, 0) is 11.6 Å². The summed E-state index contributed by atoms with van der Waals surface area (Å²) in [5.41, 5.74) is 0.226. The molecule has 0 radical (unpaired) electrons. The van der Waals surface area contributed by atoms with E-state index in [-0.39, 0.29) is 22.2 Å². The lowest BCUT2D eigenvalue weighted by molar-refractivity contribution is -0.384. The Balaban J connectivity index is 3.23. The van der Waals surface area contributed by atoms with Crippen LogP contribution in [0.25, 0.3) is 0 Å². The molecule has 74 valence electrons. The van der Waals surface area contributed by atoms with Gasteiger partial charge in [0.25, 0.3) is 5.69 Å². The van der Waals surface area contributed by atoms with E-state index in [1.54, 1.807) is 0 Å². The molecule has 0 heterocycles. The van der Waals surface area contributed by atoms with Crippen molar-refractivity contribution in [2.24, 2.45) is 0 Å². The number of hydrogen-bond acceptors (Lipinski definition) is 3. The minimum Gasteiger partial charge on any atom is -0.303 e. The number of nitro groups is 1. The number of nitro benzene ring substituents is 1. The summed E-state index contributed by atoms with van der Waals surface area (Å²) in [4.78, 5) is 20.0. The van der Waals surface area contributed by atoms with Gasteiger partial charge < -0.3 is 4.79 Å². The first-order valence-corrected chi connectivity index (χ1v) is 4.37. The number of carbonyl (C=O) groups excluding carboxylic acids is 1. The minimum absolute atomic E-state index is 0.0174. The van der Waals surface area contributed by atoms with Crippen LogP contribution in [0.1, 0.15) is 5.56 Å². The number of benzene rings is 1. The molecule has 0 N–H and O–H groups in total. The highest BCUT2D eigenvalue weighted by atomic mass is 35.5. The van der Waals surface area contributed by atoms with Crippen LogP contribution in [0, 0.1) is 10.1 Å². The highest BCUT2D eigenvalue weighted by Gasteiger charge is 2.15. The van der Waals surface area contributed by atoms with Crippen LogP contribution in [0.4, 0.5) is 5.69 Å². The van der Waals surface area contributed by atoms with Crippen LogP contribution < -0.4 is 0 Å². The van der Waals surface area contributed by atoms with Crippen molar-refractivity contribution in [1.82, 2.24) is 0 Å². The third-order valence-electron chi connectivity index (χ3n) is 1.62. The quantitative estimate of drug-likeness (QED) is 0.458. The maximum atomic E-state index is 10.4. The molecule has 0 amide bonds. The lowest BCUT2D eigenvalue weighted by Gasteiger charge is -2.01. The van der Waals surface area contributed by atoms with Crippen molar-refractivity contribution in [3.8, 4) is 0 Å². The molecule has 0 aliphatic rings. The molecule has 1 aromatic carbocycles. The van der Waals surface area contributed by atoms with Gasteiger partial charge in [-0.15, -0.1) is 0 Å². The third-order valence-corrected chi connectivity index (χ3v) is 2.27. The van der Waals surface area contributed by atoms with Crippen molar-refractivity contribution in [3.63, 3.8) is 0 Å². The molecular weight excluding hydrogens is 229 g/mol. The van der Waals surface area contributed by atoms with Gasteiger partial charge in [0.15, 0.2) is 0 Å². The average molecular weight is 234 g/mol. The number of rotatable bonds is 3. The van der Waals surface area contributed by atoms with Gasteiger partial charge in [0.1, 0.15) is 11.3 Å². The Labute approximate surface area is 89.6 Å². The van der Waals surface area contributed by atoms with Gasteiger partial charge in [0.05, 0.1) is 9.95 Å². The van der Waals surface area contributed by atoms with Crippen LogP contribution in [-0.4, -0.2) is 11.2 Å². The fraction of sp³-hybridized carbons (Fsp3) is 0.125. The molecule has 0 aromatic heterocycles. The van der Waals surface area contributed by atoms with Crippen LogP contribution in [0.15, 0.2) is 12.1 Å². The molecule has 0 bridgehead atoms. The van der Waals surface area contributed by atoms with Crippen LogP contribution in [0.5, 0.6) is 0 Å². The van der Waals surface area contributed by atoms with Gasteiger partial charge in [-0.25, -0.2) is 0 Å². The second-order valence-electron chi connectivity index (χ2n) is 2.52. The van der Waals surface area contributed by atoms with Crippen molar-refractivity contribution in [2.45, 2.75) is 6.42 Å². The molecule has 1 rings (SSSR count). The number of carbonyl (C=O) groups is 1. The summed E-state index contributed by atoms with van der Waals surface area (Å²) in [6, 6.07) is 2.47. The number of halogens is 2. The second kappa shape index (κ2) is 4.39. The zero-order chi connectivity index (χ0) is 10.7. The molecule has 1 aromatic rings. The van der Waals surface area contributed by atoms with Crippen LogP contribution >= 0.6 is 23.2 Å². The Morgan fingerprint density at radius 3 is 2.50 bits per heavy atom. The standard InChI is InChI=1S/C8H5Cl2NO3/c9-6-4-8(11(13)14)7(10)3-5(6)1-2-12/h2-4H,1H2. The Kier molecular flexibility index (Phi) is 3.43. The SMILES string of the molecule is O=CCc1cc(Cl)c([N+](=O)[O-])cc1Cl. The van der Waals surface area contributed by atoms with E-state index in [4.69, 9.17) is 23.2 Å². The molecular formula is C8H5Cl2NO3. The molecule has 0 aliphatic heterocycles. The van der Waals surface area contributed by atoms with Crippen LogP contribution in [0.3, 0.4) is 0 Å². The predicted octanol–water partition coefficient (Wildman–Crippen LogP) is 2.64. The first-order chi connectivity index (χ1) is 6.56. The van der Waals surface area contributed by atoms with E-state index in [0.29, 0.717) is 11.8 Å². The maximum Gasteiger partial charge on any atom is 0.289 e. The normalized spacial score (nSPS) is 9.86. The lowest BCUT2D eigenvalue weighted by Crippen LogP contribution is -1.93. The number of nitrogens with zero attached hydrogens (tertiary/aromatic N) is 1. The van der Waals surface area contributed by atoms with Crippen LogP contribution in [0.2, 0.25) is 10.0 Å². The summed E-state index contributed by atoms with van der Waals surface area (Å²) in [6.45, 7) is 0. The number of hydrogen-bond donors (Lipinski definition) is 0. The van der Waals surface area contributed by atoms with Crippen molar-refractivity contribution in [3.05, 3.63) is 37.9 Å². The van der Waals surface area contributed by atoms with E-state index in [9.17, 15) is 14.9 Å². The zero-order valence-corrected chi connectivity index (χ0v) is 8.38. The van der Waals surface area contributed by atoms with Gasteiger partial charge in [-0.2, -0.15) is 0 Å². The van der Waals surface area contributed by atoms with E-state index < -0.39 is 4.92 Å². The van der Waals surface area contributed by atoms with Gasteiger partial charge in [0, 0.05) is 12.5 Å². The van der Waals surface area contributed by atoms with E-state index in [2.05, 4.69) is 0 Å². The predicted molar refractivity (Wildman–Crippen MR) is 52.9 cm³/mol. The minimum atomic E-state index is -0.626. The largest absolute Gasteiger partial charge is 0.303 e. The second-order valence-corrected chi connectivity index (χ2v) is 3.34. The third kappa shape index (κ3) is 2.21. The summed E-state index contributed by atoms with van der Waals surface area (Å²) in [5, 5.41) is 10.6.